The fraction of sp³-hybridized carbons (Fsp3) is 0.400. The van der Waals surface area contributed by atoms with Gasteiger partial charge in [-0.15, -0.1) is 0 Å². The van der Waals surface area contributed by atoms with Crippen molar-refractivity contribution in [3.05, 3.63) is 34.4 Å². The molecule has 0 bridgehead atoms. The first-order chi connectivity index (χ1) is 6.50. The minimum atomic E-state index is -0.790. The summed E-state index contributed by atoms with van der Waals surface area (Å²) in [5.74, 6) is -1.41. The molecule has 0 heterocycles. The molecule has 0 spiro atoms. The molecule has 1 nitrogen and oxygen atoms in total. The number of benzene rings is 1. The number of aliphatic hydroxyl groups is 1. The molecule has 0 aliphatic heterocycles. The second-order valence-electron chi connectivity index (χ2n) is 3.76. The Labute approximate surface area is 85.3 Å². The zero-order valence-electron chi connectivity index (χ0n) is 7.36. The quantitative estimate of drug-likeness (QED) is 0.757. The molecule has 0 aromatic heterocycles. The van der Waals surface area contributed by atoms with Gasteiger partial charge in [0.1, 0.15) is 11.6 Å². The lowest BCUT2D eigenvalue weighted by Crippen LogP contribution is -2.12. The molecule has 0 atom stereocenters. The third kappa shape index (κ3) is 1.88. The first-order valence-corrected chi connectivity index (χ1v) is 4.74. The highest BCUT2D eigenvalue weighted by atomic mass is 35.5. The van der Waals surface area contributed by atoms with Crippen LogP contribution in [-0.2, 0) is 6.42 Å². The van der Waals surface area contributed by atoms with Crippen LogP contribution in [0.25, 0.3) is 0 Å². The molecule has 1 N–H and O–H groups in total. The van der Waals surface area contributed by atoms with Crippen LogP contribution in [0.2, 0.25) is 5.02 Å². The predicted octanol–water partition coefficient (Wildman–Crippen LogP) is 2.69. The van der Waals surface area contributed by atoms with E-state index in [1.54, 1.807) is 0 Å². The van der Waals surface area contributed by atoms with E-state index in [0.29, 0.717) is 12.8 Å². The van der Waals surface area contributed by atoms with Gasteiger partial charge in [-0.2, -0.15) is 0 Å². The largest absolute Gasteiger partial charge is 0.390 e. The second kappa shape index (κ2) is 3.17. The Morgan fingerprint density at radius 1 is 1.29 bits per heavy atom. The highest BCUT2D eigenvalue weighted by Gasteiger charge is 2.40. The summed E-state index contributed by atoms with van der Waals surface area (Å²) in [5, 5.41) is 9.46. The fourth-order valence-electron chi connectivity index (χ4n) is 1.37. The van der Waals surface area contributed by atoms with Crippen LogP contribution in [-0.4, -0.2) is 10.7 Å². The molecule has 76 valence electrons. The maximum Gasteiger partial charge on any atom is 0.144 e. The van der Waals surface area contributed by atoms with Gasteiger partial charge in [-0.05, 0) is 24.5 Å². The van der Waals surface area contributed by atoms with Gasteiger partial charge in [-0.3, -0.25) is 0 Å². The van der Waals surface area contributed by atoms with Crippen molar-refractivity contribution in [2.75, 3.05) is 0 Å². The van der Waals surface area contributed by atoms with Crippen LogP contribution in [0.15, 0.2) is 12.1 Å². The average Bonchev–Trinajstić information content (AvgIpc) is 2.80. The van der Waals surface area contributed by atoms with Gasteiger partial charge in [-0.1, -0.05) is 11.6 Å². The molecule has 0 saturated heterocycles. The van der Waals surface area contributed by atoms with E-state index in [1.165, 1.54) is 6.07 Å². The first kappa shape index (κ1) is 9.87. The first-order valence-electron chi connectivity index (χ1n) is 4.36. The van der Waals surface area contributed by atoms with E-state index in [2.05, 4.69) is 0 Å². The fourth-order valence-corrected chi connectivity index (χ4v) is 1.56. The Bertz CT molecular complexity index is 375. The summed E-state index contributed by atoms with van der Waals surface area (Å²) in [6.45, 7) is 0. The van der Waals surface area contributed by atoms with Gasteiger partial charge >= 0.3 is 0 Å². The van der Waals surface area contributed by atoms with Gasteiger partial charge in [0.15, 0.2) is 0 Å². The minimum absolute atomic E-state index is 0.106. The number of halogens is 3. The summed E-state index contributed by atoms with van der Waals surface area (Å²) < 4.78 is 26.0. The predicted molar refractivity (Wildman–Crippen MR) is 49.3 cm³/mol. The summed E-state index contributed by atoms with van der Waals surface area (Å²) in [6, 6.07) is 1.99. The minimum Gasteiger partial charge on any atom is -0.390 e. The van der Waals surface area contributed by atoms with Crippen LogP contribution < -0.4 is 0 Å². The summed E-state index contributed by atoms with van der Waals surface area (Å²) >= 11 is 5.51. The standard InChI is InChI=1S/C10H9ClF2O/c11-7-3-6(5-10(14)1-2-10)8(12)4-9(7)13/h3-4,14H,1-2,5H2. The van der Waals surface area contributed by atoms with Crippen molar-refractivity contribution in [3.63, 3.8) is 0 Å². The van der Waals surface area contributed by atoms with E-state index < -0.39 is 17.2 Å². The average molecular weight is 219 g/mol. The van der Waals surface area contributed by atoms with Crippen molar-refractivity contribution < 1.29 is 13.9 Å². The molecular weight excluding hydrogens is 210 g/mol. The molecule has 1 saturated carbocycles. The van der Waals surface area contributed by atoms with Gasteiger partial charge in [0.25, 0.3) is 0 Å². The van der Waals surface area contributed by atoms with Crippen LogP contribution in [0.4, 0.5) is 8.78 Å². The van der Waals surface area contributed by atoms with Gasteiger partial charge in [0.2, 0.25) is 0 Å². The van der Waals surface area contributed by atoms with E-state index in [0.717, 1.165) is 6.07 Å². The Balaban J connectivity index is 2.29. The Kier molecular flexibility index (Phi) is 2.24. The Hall–Kier alpha value is -0.670. The molecule has 0 radical (unpaired) electrons. The van der Waals surface area contributed by atoms with Crippen LogP contribution in [0.1, 0.15) is 18.4 Å². The molecule has 0 unspecified atom stereocenters. The highest BCUT2D eigenvalue weighted by molar-refractivity contribution is 6.30. The SMILES string of the molecule is OC1(Cc2cc(Cl)c(F)cc2F)CC1. The third-order valence-corrected chi connectivity index (χ3v) is 2.73. The lowest BCUT2D eigenvalue weighted by atomic mass is 10.1. The van der Waals surface area contributed by atoms with Crippen molar-refractivity contribution in [3.8, 4) is 0 Å². The second-order valence-corrected chi connectivity index (χ2v) is 4.17. The smallest absolute Gasteiger partial charge is 0.144 e. The topological polar surface area (TPSA) is 20.2 Å². The number of rotatable bonds is 2. The van der Waals surface area contributed by atoms with Crippen molar-refractivity contribution in [2.45, 2.75) is 24.9 Å². The molecule has 4 heteroatoms. The molecule has 1 fully saturated rings. The molecule has 2 rings (SSSR count). The van der Waals surface area contributed by atoms with Gasteiger partial charge in [-0.25, -0.2) is 8.78 Å². The number of hydrogen-bond donors (Lipinski definition) is 1. The van der Waals surface area contributed by atoms with Crippen LogP contribution in [0.3, 0.4) is 0 Å². The van der Waals surface area contributed by atoms with E-state index in [4.69, 9.17) is 11.6 Å². The zero-order chi connectivity index (χ0) is 10.3. The van der Waals surface area contributed by atoms with Gasteiger partial charge in [0.05, 0.1) is 10.6 Å². The van der Waals surface area contributed by atoms with Gasteiger partial charge in [0, 0.05) is 12.5 Å². The summed E-state index contributed by atoms with van der Waals surface area (Å²) in [6.07, 6.45) is 1.54. The van der Waals surface area contributed by atoms with Crippen LogP contribution >= 0.6 is 11.6 Å². The maximum atomic E-state index is 13.2. The highest BCUT2D eigenvalue weighted by Crippen LogP contribution is 2.39. The Morgan fingerprint density at radius 3 is 2.50 bits per heavy atom. The van der Waals surface area contributed by atoms with Crippen molar-refractivity contribution in [1.29, 1.82) is 0 Å². The van der Waals surface area contributed by atoms with E-state index >= 15 is 0 Å². The summed E-state index contributed by atoms with van der Waals surface area (Å²) in [5.41, 5.74) is -0.515. The van der Waals surface area contributed by atoms with Crippen molar-refractivity contribution in [2.24, 2.45) is 0 Å². The third-order valence-electron chi connectivity index (χ3n) is 2.44. The zero-order valence-corrected chi connectivity index (χ0v) is 8.11. The molecule has 0 amide bonds. The van der Waals surface area contributed by atoms with Crippen LogP contribution in [0, 0.1) is 11.6 Å². The molecule has 1 aromatic rings. The number of hydrogen-bond acceptors (Lipinski definition) is 1. The molecule has 14 heavy (non-hydrogen) atoms. The van der Waals surface area contributed by atoms with Crippen molar-refractivity contribution in [1.82, 2.24) is 0 Å². The van der Waals surface area contributed by atoms with E-state index in [9.17, 15) is 13.9 Å². The molecule has 1 aromatic carbocycles. The van der Waals surface area contributed by atoms with Crippen LogP contribution in [0.5, 0.6) is 0 Å². The summed E-state index contributed by atoms with van der Waals surface area (Å²) in [4.78, 5) is 0. The summed E-state index contributed by atoms with van der Waals surface area (Å²) in [7, 11) is 0. The normalized spacial score (nSPS) is 18.3. The Morgan fingerprint density at radius 2 is 1.93 bits per heavy atom. The van der Waals surface area contributed by atoms with Gasteiger partial charge < -0.3 is 5.11 Å². The molecule has 1 aliphatic carbocycles. The monoisotopic (exact) mass is 218 g/mol. The maximum absolute atomic E-state index is 13.2. The molecular formula is C10H9ClF2O. The van der Waals surface area contributed by atoms with Crippen molar-refractivity contribution >= 4 is 11.6 Å². The van der Waals surface area contributed by atoms with E-state index in [-0.39, 0.29) is 17.0 Å². The lowest BCUT2D eigenvalue weighted by Gasteiger charge is -2.09. The van der Waals surface area contributed by atoms with E-state index in [1.807, 2.05) is 0 Å². The lowest BCUT2D eigenvalue weighted by molar-refractivity contribution is 0.149. The molecule has 1 aliphatic rings.